The van der Waals surface area contributed by atoms with Gasteiger partial charge in [0.05, 0.1) is 0 Å². The van der Waals surface area contributed by atoms with Gasteiger partial charge in [0.2, 0.25) is 0 Å². The number of rotatable bonds is 16. The molecule has 1 N–H and O–H groups in total. The van der Waals surface area contributed by atoms with E-state index in [0.29, 0.717) is 6.42 Å². The zero-order valence-electron chi connectivity index (χ0n) is 13.5. The van der Waals surface area contributed by atoms with E-state index in [2.05, 4.69) is 32.7 Å². The van der Waals surface area contributed by atoms with E-state index in [1.807, 2.05) is 0 Å². The molecule has 0 aliphatic heterocycles. The summed E-state index contributed by atoms with van der Waals surface area (Å²) >= 11 is 2.29. The van der Waals surface area contributed by atoms with Crippen LogP contribution in [0.5, 0.6) is 0 Å². The third-order valence-electron chi connectivity index (χ3n) is 3.85. The van der Waals surface area contributed by atoms with Gasteiger partial charge in [-0.05, 0) is 23.3 Å². The van der Waals surface area contributed by atoms with E-state index in [1.54, 1.807) is 0 Å². The summed E-state index contributed by atoms with van der Waals surface area (Å²) in [6.45, 7) is 0. The first kappa shape index (κ1) is 20.9. The summed E-state index contributed by atoms with van der Waals surface area (Å²) in [7, 11) is 0. The van der Waals surface area contributed by atoms with Crippen molar-refractivity contribution in [1.82, 2.24) is 0 Å². The highest BCUT2D eigenvalue weighted by Crippen LogP contribution is 2.13. The van der Waals surface area contributed by atoms with Crippen LogP contribution in [0.25, 0.3) is 0 Å². The van der Waals surface area contributed by atoms with Gasteiger partial charge in [-0.1, -0.05) is 99.3 Å². The molecule has 21 heavy (non-hydrogen) atoms. The lowest BCUT2D eigenvalue weighted by Crippen LogP contribution is -1.93. The maximum absolute atomic E-state index is 10.3. The lowest BCUT2D eigenvalue weighted by molar-refractivity contribution is -0.137. The zero-order chi connectivity index (χ0) is 15.6. The Morgan fingerprint density at radius 2 is 1.10 bits per heavy atom. The molecular weight excluding hydrogens is 375 g/mol. The molecule has 0 aliphatic carbocycles. The van der Waals surface area contributed by atoms with Crippen molar-refractivity contribution in [3.63, 3.8) is 0 Å². The number of carboxylic acid groups (broad SMARTS) is 1. The van der Waals surface area contributed by atoms with E-state index in [9.17, 15) is 4.79 Å². The summed E-state index contributed by atoms with van der Waals surface area (Å²) in [6, 6.07) is 0. The van der Waals surface area contributed by atoms with E-state index in [-0.39, 0.29) is 0 Å². The highest BCUT2D eigenvalue weighted by atomic mass is 127. The number of hydrogen-bond acceptors (Lipinski definition) is 1. The minimum Gasteiger partial charge on any atom is -0.481 e. The average molecular weight is 408 g/mol. The Bertz CT molecular complexity index is 252. The highest BCUT2D eigenvalue weighted by molar-refractivity contribution is 14.1. The molecule has 0 aromatic rings. The van der Waals surface area contributed by atoms with Crippen molar-refractivity contribution >= 4 is 28.6 Å². The van der Waals surface area contributed by atoms with Crippen LogP contribution in [0.2, 0.25) is 0 Å². The zero-order valence-corrected chi connectivity index (χ0v) is 15.7. The molecule has 0 spiro atoms. The molecule has 0 amide bonds. The summed E-state index contributed by atoms with van der Waals surface area (Å²) in [5.74, 6) is -0.656. The fourth-order valence-electron chi connectivity index (χ4n) is 2.55. The Labute approximate surface area is 144 Å². The first-order valence-corrected chi connectivity index (χ1v) is 9.99. The van der Waals surface area contributed by atoms with E-state index in [0.717, 1.165) is 12.8 Å². The molecule has 0 unspecified atom stereocenters. The van der Waals surface area contributed by atoms with Crippen LogP contribution in [-0.4, -0.2) is 11.1 Å². The molecule has 0 aliphatic rings. The van der Waals surface area contributed by atoms with Crippen LogP contribution in [0, 0.1) is 0 Å². The lowest BCUT2D eigenvalue weighted by atomic mass is 10.0. The van der Waals surface area contributed by atoms with Crippen LogP contribution in [0.4, 0.5) is 0 Å². The Morgan fingerprint density at radius 1 is 0.714 bits per heavy atom. The average Bonchev–Trinajstić information content (AvgIpc) is 2.46. The van der Waals surface area contributed by atoms with Crippen LogP contribution in [0.3, 0.4) is 0 Å². The van der Waals surface area contributed by atoms with Crippen molar-refractivity contribution in [1.29, 1.82) is 0 Å². The van der Waals surface area contributed by atoms with Gasteiger partial charge in [0.15, 0.2) is 0 Å². The predicted molar refractivity (Wildman–Crippen MR) is 100 cm³/mol. The Hall–Kier alpha value is -0.0600. The van der Waals surface area contributed by atoms with Crippen molar-refractivity contribution in [2.75, 3.05) is 0 Å². The molecule has 0 aromatic heterocycles. The molecule has 0 saturated carbocycles. The van der Waals surface area contributed by atoms with Gasteiger partial charge < -0.3 is 5.11 Å². The smallest absolute Gasteiger partial charge is 0.303 e. The molecule has 2 nitrogen and oxygen atoms in total. The number of carboxylic acids is 1. The maximum Gasteiger partial charge on any atom is 0.303 e. The number of halogens is 1. The van der Waals surface area contributed by atoms with Crippen molar-refractivity contribution in [2.45, 2.75) is 96.3 Å². The van der Waals surface area contributed by atoms with Gasteiger partial charge in [0.25, 0.3) is 0 Å². The number of unbranched alkanes of at least 4 members (excludes halogenated alkanes) is 13. The molecular formula is C18H33IO2. The standard InChI is InChI=1S/C18H33IO2/c19-17-15-13-11-9-7-5-3-1-2-4-6-8-10-12-14-16-18(20)21/h15,17H,1-14,16H2,(H,20,21). The Balaban J connectivity index is 2.98. The molecule has 0 rings (SSSR count). The van der Waals surface area contributed by atoms with E-state index >= 15 is 0 Å². The topological polar surface area (TPSA) is 37.3 Å². The summed E-state index contributed by atoms with van der Waals surface area (Å²) < 4.78 is 2.12. The molecule has 124 valence electrons. The van der Waals surface area contributed by atoms with Gasteiger partial charge in [0.1, 0.15) is 0 Å². The Morgan fingerprint density at radius 3 is 1.48 bits per heavy atom. The molecule has 0 saturated heterocycles. The van der Waals surface area contributed by atoms with Crippen LogP contribution in [-0.2, 0) is 4.79 Å². The molecule has 0 atom stereocenters. The van der Waals surface area contributed by atoms with Gasteiger partial charge in [-0.3, -0.25) is 4.79 Å². The number of carbonyl (C=O) groups is 1. The van der Waals surface area contributed by atoms with E-state index < -0.39 is 5.97 Å². The van der Waals surface area contributed by atoms with Crippen LogP contribution < -0.4 is 0 Å². The fraction of sp³-hybridized carbons (Fsp3) is 0.833. The van der Waals surface area contributed by atoms with Crippen molar-refractivity contribution in [2.24, 2.45) is 0 Å². The van der Waals surface area contributed by atoms with Crippen LogP contribution in [0.15, 0.2) is 10.2 Å². The summed E-state index contributed by atoms with van der Waals surface area (Å²) in [5.41, 5.74) is 0. The SMILES string of the molecule is O=C(O)CCCCCCCCCCCCCCCC=CI. The third-order valence-corrected chi connectivity index (χ3v) is 4.36. The molecule has 0 radical (unpaired) electrons. The van der Waals surface area contributed by atoms with E-state index in [4.69, 9.17) is 5.11 Å². The normalized spacial score (nSPS) is 11.3. The van der Waals surface area contributed by atoms with Crippen LogP contribution >= 0.6 is 22.6 Å². The monoisotopic (exact) mass is 408 g/mol. The van der Waals surface area contributed by atoms with Crippen molar-refractivity contribution in [3.8, 4) is 0 Å². The second kappa shape index (κ2) is 18.0. The first-order valence-electron chi connectivity index (χ1n) is 8.74. The second-order valence-electron chi connectivity index (χ2n) is 5.89. The number of aliphatic carboxylic acids is 1. The van der Waals surface area contributed by atoms with Crippen molar-refractivity contribution < 1.29 is 9.90 Å². The third kappa shape index (κ3) is 19.9. The molecule has 0 aromatic carbocycles. The molecule has 0 fully saturated rings. The molecule has 0 heterocycles. The summed E-state index contributed by atoms with van der Waals surface area (Å²) in [4.78, 5) is 10.3. The predicted octanol–water partition coefficient (Wildman–Crippen LogP) is 6.87. The minimum absolute atomic E-state index is 0.342. The van der Waals surface area contributed by atoms with Gasteiger partial charge >= 0.3 is 5.97 Å². The summed E-state index contributed by atoms with van der Waals surface area (Å²) in [5, 5.41) is 8.53. The number of allylic oxidation sites excluding steroid dienone is 1. The first-order chi connectivity index (χ1) is 10.3. The maximum atomic E-state index is 10.3. The van der Waals surface area contributed by atoms with Crippen LogP contribution in [0.1, 0.15) is 96.3 Å². The van der Waals surface area contributed by atoms with Gasteiger partial charge in [-0.25, -0.2) is 0 Å². The van der Waals surface area contributed by atoms with E-state index in [1.165, 1.54) is 77.0 Å². The van der Waals surface area contributed by atoms with Gasteiger partial charge in [-0.2, -0.15) is 0 Å². The largest absolute Gasteiger partial charge is 0.481 e. The van der Waals surface area contributed by atoms with Gasteiger partial charge in [-0.15, -0.1) is 0 Å². The molecule has 0 bridgehead atoms. The fourth-order valence-corrected chi connectivity index (χ4v) is 2.91. The van der Waals surface area contributed by atoms with Gasteiger partial charge in [0, 0.05) is 6.42 Å². The quantitative estimate of drug-likeness (QED) is 0.223. The van der Waals surface area contributed by atoms with Crippen molar-refractivity contribution in [3.05, 3.63) is 10.2 Å². The number of hydrogen-bond donors (Lipinski definition) is 1. The summed E-state index contributed by atoms with van der Waals surface area (Å²) in [6.07, 6.45) is 20.7. The minimum atomic E-state index is -0.656. The second-order valence-corrected chi connectivity index (χ2v) is 6.61. The Kier molecular flexibility index (Phi) is 17.9. The highest BCUT2D eigenvalue weighted by Gasteiger charge is 1.97. The lowest BCUT2D eigenvalue weighted by Gasteiger charge is -2.02. The molecule has 3 heteroatoms.